The normalized spacial score (nSPS) is 17.3. The number of nitro benzene ring substituents is 2. The molecule has 0 atom stereocenters. The predicted octanol–water partition coefficient (Wildman–Crippen LogP) is 5.17. The Balaban J connectivity index is 1.55. The number of carbonyl (C=O) groups is 1. The van der Waals surface area contributed by atoms with Gasteiger partial charge in [0.25, 0.3) is 11.4 Å². The molecule has 0 amide bonds. The van der Waals surface area contributed by atoms with Crippen molar-refractivity contribution in [3.8, 4) is 11.5 Å². The van der Waals surface area contributed by atoms with Gasteiger partial charge in [-0.1, -0.05) is 0 Å². The molecule has 2 saturated carbocycles. The van der Waals surface area contributed by atoms with Crippen molar-refractivity contribution in [1.82, 2.24) is 0 Å². The van der Waals surface area contributed by atoms with Crippen LogP contribution in [-0.4, -0.2) is 27.3 Å². The standard InChI is InChI=1S/C21H18F2N2O7/c22-20(5-6-20)11-13-9-15(24(27)28)1-3-17(13)31-19(26)32-18-4-2-16(25(29)30)10-14(18)12-21(23)7-8-21/h1-4,9-10H,5-8,11-12H2. The average molecular weight is 448 g/mol. The molecule has 0 aromatic heterocycles. The molecule has 2 aromatic carbocycles. The van der Waals surface area contributed by atoms with Crippen molar-refractivity contribution < 1.29 is 32.9 Å². The van der Waals surface area contributed by atoms with Crippen LogP contribution in [0.3, 0.4) is 0 Å². The Hall–Kier alpha value is -3.63. The summed E-state index contributed by atoms with van der Waals surface area (Å²) < 4.78 is 38.9. The number of ether oxygens (including phenoxy) is 2. The first-order chi connectivity index (χ1) is 15.1. The molecule has 2 aliphatic rings. The monoisotopic (exact) mass is 448 g/mol. The summed E-state index contributed by atoms with van der Waals surface area (Å²) in [7, 11) is 0. The van der Waals surface area contributed by atoms with Gasteiger partial charge in [-0.15, -0.1) is 0 Å². The zero-order chi connectivity index (χ0) is 23.1. The van der Waals surface area contributed by atoms with Crippen molar-refractivity contribution in [3.63, 3.8) is 0 Å². The third-order valence-electron chi connectivity index (χ3n) is 5.50. The van der Waals surface area contributed by atoms with Crippen LogP contribution in [0.4, 0.5) is 25.0 Å². The van der Waals surface area contributed by atoms with Gasteiger partial charge in [0, 0.05) is 48.2 Å². The zero-order valence-corrected chi connectivity index (χ0v) is 16.7. The van der Waals surface area contributed by atoms with Gasteiger partial charge in [0.1, 0.15) is 22.8 Å². The van der Waals surface area contributed by atoms with E-state index in [1.165, 1.54) is 12.1 Å². The highest BCUT2D eigenvalue weighted by Gasteiger charge is 2.45. The summed E-state index contributed by atoms with van der Waals surface area (Å²) in [6.07, 6.45) is -0.349. The fourth-order valence-corrected chi connectivity index (χ4v) is 3.34. The third-order valence-corrected chi connectivity index (χ3v) is 5.50. The van der Waals surface area contributed by atoms with Gasteiger partial charge in [-0.05, 0) is 37.8 Å². The molecule has 0 aliphatic heterocycles. The van der Waals surface area contributed by atoms with Gasteiger partial charge in [0.05, 0.1) is 9.85 Å². The first-order valence-electron chi connectivity index (χ1n) is 9.88. The zero-order valence-electron chi connectivity index (χ0n) is 16.7. The molecule has 2 fully saturated rings. The van der Waals surface area contributed by atoms with E-state index in [1.54, 1.807) is 0 Å². The first-order valence-corrected chi connectivity index (χ1v) is 9.88. The van der Waals surface area contributed by atoms with E-state index in [4.69, 9.17) is 9.47 Å². The Morgan fingerprint density at radius 2 is 1.19 bits per heavy atom. The molecule has 11 heteroatoms. The minimum absolute atomic E-state index is 0.0999. The highest BCUT2D eigenvalue weighted by atomic mass is 19.1. The molecule has 4 rings (SSSR count). The van der Waals surface area contributed by atoms with Gasteiger partial charge in [-0.3, -0.25) is 20.2 Å². The van der Waals surface area contributed by atoms with Gasteiger partial charge in [0.15, 0.2) is 0 Å². The summed E-state index contributed by atoms with van der Waals surface area (Å²) in [5, 5.41) is 22.1. The largest absolute Gasteiger partial charge is 0.519 e. The number of hydrogen-bond acceptors (Lipinski definition) is 7. The van der Waals surface area contributed by atoms with E-state index >= 15 is 0 Å². The maximum absolute atomic E-state index is 14.3. The van der Waals surface area contributed by atoms with Crippen LogP contribution in [0.15, 0.2) is 36.4 Å². The summed E-state index contributed by atoms with van der Waals surface area (Å²) in [6.45, 7) is 0. The molecule has 0 bridgehead atoms. The third kappa shape index (κ3) is 4.98. The minimum Gasteiger partial charge on any atom is -0.394 e. The highest BCUT2D eigenvalue weighted by Crippen LogP contribution is 2.45. The van der Waals surface area contributed by atoms with E-state index in [-0.39, 0.29) is 46.8 Å². The van der Waals surface area contributed by atoms with Crippen LogP contribution in [0.1, 0.15) is 36.8 Å². The number of hydrogen-bond donors (Lipinski definition) is 0. The van der Waals surface area contributed by atoms with Crippen LogP contribution in [0.5, 0.6) is 11.5 Å². The Labute approximate surface area is 180 Å². The second-order valence-corrected chi connectivity index (χ2v) is 8.21. The molecule has 2 aromatic rings. The van der Waals surface area contributed by atoms with Gasteiger partial charge in [-0.2, -0.15) is 0 Å². The van der Waals surface area contributed by atoms with E-state index in [2.05, 4.69) is 0 Å². The van der Waals surface area contributed by atoms with Crippen LogP contribution < -0.4 is 9.47 Å². The van der Waals surface area contributed by atoms with Gasteiger partial charge < -0.3 is 9.47 Å². The predicted molar refractivity (Wildman–Crippen MR) is 106 cm³/mol. The Morgan fingerprint density at radius 1 is 0.812 bits per heavy atom. The van der Waals surface area contributed by atoms with Crippen molar-refractivity contribution in [2.75, 3.05) is 0 Å². The molecule has 168 valence electrons. The lowest BCUT2D eigenvalue weighted by Gasteiger charge is -2.14. The van der Waals surface area contributed by atoms with Crippen LogP contribution in [0.25, 0.3) is 0 Å². The number of nitro groups is 2. The molecule has 0 saturated heterocycles. The van der Waals surface area contributed by atoms with Crippen molar-refractivity contribution in [2.24, 2.45) is 0 Å². The molecule has 0 radical (unpaired) electrons. The highest BCUT2D eigenvalue weighted by molar-refractivity contribution is 5.69. The van der Waals surface area contributed by atoms with E-state index in [9.17, 15) is 33.8 Å². The lowest BCUT2D eigenvalue weighted by Crippen LogP contribution is -2.17. The van der Waals surface area contributed by atoms with Crippen LogP contribution in [-0.2, 0) is 12.8 Å². The van der Waals surface area contributed by atoms with Gasteiger partial charge in [0.2, 0.25) is 0 Å². The SMILES string of the molecule is O=C(Oc1ccc([N+](=O)[O-])cc1CC1(F)CC1)Oc1ccc([N+](=O)[O-])cc1CC1(F)CC1. The van der Waals surface area contributed by atoms with E-state index in [0.717, 1.165) is 24.3 Å². The molecule has 0 spiro atoms. The van der Waals surface area contributed by atoms with E-state index in [0.29, 0.717) is 25.7 Å². The number of alkyl halides is 2. The Morgan fingerprint density at radius 3 is 1.50 bits per heavy atom. The maximum atomic E-state index is 14.3. The van der Waals surface area contributed by atoms with Crippen LogP contribution >= 0.6 is 0 Å². The first kappa shape index (κ1) is 21.6. The molecular weight excluding hydrogens is 430 g/mol. The summed E-state index contributed by atoms with van der Waals surface area (Å²) in [5.74, 6) is -0.200. The maximum Gasteiger partial charge on any atom is 0.519 e. The second kappa shape index (κ2) is 7.81. The number of non-ortho nitro benzene ring substituents is 2. The number of rotatable bonds is 8. The number of nitrogens with zero attached hydrogens (tertiary/aromatic N) is 2. The summed E-state index contributed by atoms with van der Waals surface area (Å²) >= 11 is 0. The molecule has 9 nitrogen and oxygen atoms in total. The van der Waals surface area contributed by atoms with Crippen molar-refractivity contribution in [2.45, 2.75) is 49.9 Å². The molecule has 32 heavy (non-hydrogen) atoms. The molecular formula is C21H18F2N2O7. The van der Waals surface area contributed by atoms with E-state index < -0.39 is 27.3 Å². The summed E-state index contributed by atoms with van der Waals surface area (Å²) in [6, 6.07) is 6.86. The van der Waals surface area contributed by atoms with Crippen LogP contribution in [0, 0.1) is 20.2 Å². The Kier molecular flexibility index (Phi) is 5.27. The molecule has 0 heterocycles. The molecule has 2 aliphatic carbocycles. The van der Waals surface area contributed by atoms with Crippen molar-refractivity contribution >= 4 is 17.5 Å². The number of benzene rings is 2. The number of carbonyl (C=O) groups excluding carboxylic acids is 1. The average Bonchev–Trinajstić information content (AvgIpc) is 3.63. The Bertz CT molecular complexity index is 1030. The second-order valence-electron chi connectivity index (χ2n) is 8.21. The van der Waals surface area contributed by atoms with Crippen molar-refractivity contribution in [1.29, 1.82) is 0 Å². The van der Waals surface area contributed by atoms with Gasteiger partial charge in [-0.25, -0.2) is 13.6 Å². The minimum atomic E-state index is -1.50. The lowest BCUT2D eigenvalue weighted by molar-refractivity contribution is -0.385. The van der Waals surface area contributed by atoms with Crippen LogP contribution in [0.2, 0.25) is 0 Å². The topological polar surface area (TPSA) is 122 Å². The number of halogens is 2. The van der Waals surface area contributed by atoms with Crippen molar-refractivity contribution in [3.05, 3.63) is 67.8 Å². The van der Waals surface area contributed by atoms with Gasteiger partial charge >= 0.3 is 6.16 Å². The quantitative estimate of drug-likeness (QED) is 0.236. The molecule has 0 N–H and O–H groups in total. The summed E-state index contributed by atoms with van der Waals surface area (Å²) in [4.78, 5) is 33.2. The fourth-order valence-electron chi connectivity index (χ4n) is 3.34. The van der Waals surface area contributed by atoms with E-state index in [1.807, 2.05) is 0 Å². The smallest absolute Gasteiger partial charge is 0.394 e. The fraction of sp³-hybridized carbons (Fsp3) is 0.381. The molecule has 0 unspecified atom stereocenters. The lowest BCUT2D eigenvalue weighted by atomic mass is 10.1. The summed E-state index contributed by atoms with van der Waals surface area (Å²) in [5.41, 5.74) is -3.27.